The second-order valence-corrected chi connectivity index (χ2v) is 4.18. The van der Waals surface area contributed by atoms with Crippen LogP contribution in [0.5, 0.6) is 0 Å². The lowest BCUT2D eigenvalue weighted by molar-refractivity contribution is -0.123. The van der Waals surface area contributed by atoms with E-state index in [0.717, 1.165) is 45.7 Å². The van der Waals surface area contributed by atoms with Crippen LogP contribution in [0.3, 0.4) is 0 Å². The van der Waals surface area contributed by atoms with Gasteiger partial charge >= 0.3 is 0 Å². The SMILES string of the molecule is O=C(CN1CCNCC1)C1CCNC1. The van der Waals surface area contributed by atoms with Crippen molar-refractivity contribution in [3.05, 3.63) is 0 Å². The minimum atomic E-state index is 0.282. The summed E-state index contributed by atoms with van der Waals surface area (Å²) in [5.41, 5.74) is 0. The fourth-order valence-electron chi connectivity index (χ4n) is 2.15. The van der Waals surface area contributed by atoms with E-state index in [0.29, 0.717) is 12.3 Å². The lowest BCUT2D eigenvalue weighted by Crippen LogP contribution is -2.46. The van der Waals surface area contributed by atoms with E-state index in [9.17, 15) is 4.79 Å². The van der Waals surface area contributed by atoms with E-state index < -0.39 is 0 Å². The quantitative estimate of drug-likeness (QED) is 0.613. The second-order valence-electron chi connectivity index (χ2n) is 4.18. The molecule has 0 saturated carbocycles. The summed E-state index contributed by atoms with van der Waals surface area (Å²) in [4.78, 5) is 14.1. The van der Waals surface area contributed by atoms with Crippen LogP contribution >= 0.6 is 0 Å². The highest BCUT2D eigenvalue weighted by molar-refractivity contribution is 5.83. The fraction of sp³-hybridized carbons (Fsp3) is 0.900. The molecule has 80 valence electrons. The monoisotopic (exact) mass is 197 g/mol. The summed E-state index contributed by atoms with van der Waals surface area (Å²) in [5.74, 6) is 0.710. The number of rotatable bonds is 3. The number of carbonyl (C=O) groups is 1. The highest BCUT2D eigenvalue weighted by Gasteiger charge is 2.24. The Labute approximate surface area is 85.0 Å². The van der Waals surface area contributed by atoms with Crippen LogP contribution in [0.4, 0.5) is 0 Å². The van der Waals surface area contributed by atoms with E-state index in [1.54, 1.807) is 0 Å². The van der Waals surface area contributed by atoms with Crippen molar-refractivity contribution in [2.24, 2.45) is 5.92 Å². The van der Waals surface area contributed by atoms with E-state index in [1.165, 1.54) is 0 Å². The van der Waals surface area contributed by atoms with Crippen molar-refractivity contribution < 1.29 is 4.79 Å². The number of hydrogen-bond donors (Lipinski definition) is 2. The number of hydrogen-bond acceptors (Lipinski definition) is 4. The Bertz CT molecular complexity index is 196. The van der Waals surface area contributed by atoms with Crippen molar-refractivity contribution in [3.63, 3.8) is 0 Å². The van der Waals surface area contributed by atoms with Crippen molar-refractivity contribution in [2.75, 3.05) is 45.8 Å². The highest BCUT2D eigenvalue weighted by atomic mass is 16.1. The standard InChI is InChI=1S/C10H19N3O/c14-10(9-1-2-12-7-9)8-13-5-3-11-4-6-13/h9,11-12H,1-8H2. The van der Waals surface area contributed by atoms with Crippen molar-refractivity contribution in [2.45, 2.75) is 6.42 Å². The Morgan fingerprint density at radius 1 is 1.21 bits per heavy atom. The van der Waals surface area contributed by atoms with Gasteiger partial charge in [-0.2, -0.15) is 0 Å². The van der Waals surface area contributed by atoms with Gasteiger partial charge in [0.2, 0.25) is 0 Å². The summed E-state index contributed by atoms with van der Waals surface area (Å²) >= 11 is 0. The normalized spacial score (nSPS) is 29.3. The number of piperazine rings is 1. The topological polar surface area (TPSA) is 44.4 Å². The average Bonchev–Trinajstić information content (AvgIpc) is 2.72. The molecule has 2 heterocycles. The number of carbonyl (C=O) groups excluding carboxylic acids is 1. The summed E-state index contributed by atoms with van der Waals surface area (Å²) in [6.45, 7) is 6.65. The molecule has 2 saturated heterocycles. The van der Waals surface area contributed by atoms with E-state index >= 15 is 0 Å². The molecule has 2 aliphatic heterocycles. The third-order valence-corrected chi connectivity index (χ3v) is 3.10. The molecule has 0 spiro atoms. The maximum Gasteiger partial charge on any atom is 0.151 e. The zero-order chi connectivity index (χ0) is 9.80. The number of Topliss-reactive ketones (excluding diaryl/α,β-unsaturated/α-hetero) is 1. The van der Waals surface area contributed by atoms with Gasteiger partial charge in [0.05, 0.1) is 6.54 Å². The zero-order valence-corrected chi connectivity index (χ0v) is 8.59. The first-order valence-electron chi connectivity index (χ1n) is 5.53. The van der Waals surface area contributed by atoms with E-state index in [-0.39, 0.29) is 5.92 Å². The molecule has 0 aromatic rings. The van der Waals surface area contributed by atoms with Gasteiger partial charge in [0, 0.05) is 38.6 Å². The van der Waals surface area contributed by atoms with Crippen LogP contribution in [0.2, 0.25) is 0 Å². The smallest absolute Gasteiger partial charge is 0.151 e. The third-order valence-electron chi connectivity index (χ3n) is 3.10. The van der Waals surface area contributed by atoms with Crippen molar-refractivity contribution in [1.29, 1.82) is 0 Å². The molecule has 0 bridgehead atoms. The van der Waals surface area contributed by atoms with Crippen LogP contribution in [0.25, 0.3) is 0 Å². The van der Waals surface area contributed by atoms with E-state index in [1.807, 2.05) is 0 Å². The van der Waals surface area contributed by atoms with Gasteiger partial charge in [0.1, 0.15) is 0 Å². The van der Waals surface area contributed by atoms with Crippen LogP contribution in [0, 0.1) is 5.92 Å². The van der Waals surface area contributed by atoms with Gasteiger partial charge in [-0.1, -0.05) is 0 Å². The Kier molecular flexibility index (Phi) is 3.50. The van der Waals surface area contributed by atoms with Gasteiger partial charge in [-0.25, -0.2) is 0 Å². The van der Waals surface area contributed by atoms with E-state index in [2.05, 4.69) is 15.5 Å². The molecular weight excluding hydrogens is 178 g/mol. The lowest BCUT2D eigenvalue weighted by Gasteiger charge is -2.27. The van der Waals surface area contributed by atoms with Gasteiger partial charge in [-0.15, -0.1) is 0 Å². The molecule has 1 atom stereocenters. The summed E-state index contributed by atoms with van der Waals surface area (Å²) in [5, 5.41) is 6.53. The summed E-state index contributed by atoms with van der Waals surface area (Å²) < 4.78 is 0. The van der Waals surface area contributed by atoms with Crippen LogP contribution in [-0.2, 0) is 4.79 Å². The Morgan fingerprint density at radius 2 is 2.00 bits per heavy atom. The summed E-state index contributed by atoms with van der Waals surface area (Å²) in [7, 11) is 0. The minimum Gasteiger partial charge on any atom is -0.316 e. The molecule has 2 N–H and O–H groups in total. The average molecular weight is 197 g/mol. The molecule has 14 heavy (non-hydrogen) atoms. The molecule has 0 radical (unpaired) electrons. The third kappa shape index (κ3) is 2.53. The van der Waals surface area contributed by atoms with Crippen LogP contribution < -0.4 is 10.6 Å². The van der Waals surface area contributed by atoms with Gasteiger partial charge in [-0.05, 0) is 13.0 Å². The molecular formula is C10H19N3O. The molecule has 1 unspecified atom stereocenters. The Balaban J connectivity index is 1.75. The largest absolute Gasteiger partial charge is 0.316 e. The first-order chi connectivity index (χ1) is 6.86. The first-order valence-corrected chi connectivity index (χ1v) is 5.53. The Morgan fingerprint density at radius 3 is 2.64 bits per heavy atom. The van der Waals surface area contributed by atoms with Gasteiger partial charge in [-0.3, -0.25) is 9.69 Å². The Hall–Kier alpha value is -0.450. The highest BCUT2D eigenvalue weighted by Crippen LogP contribution is 2.09. The molecule has 4 nitrogen and oxygen atoms in total. The second kappa shape index (κ2) is 4.87. The molecule has 0 aliphatic carbocycles. The molecule has 2 aliphatic rings. The predicted molar refractivity (Wildman–Crippen MR) is 55.3 cm³/mol. The number of nitrogens with one attached hydrogen (secondary N) is 2. The van der Waals surface area contributed by atoms with Crippen molar-refractivity contribution in [3.8, 4) is 0 Å². The van der Waals surface area contributed by atoms with Crippen molar-refractivity contribution in [1.82, 2.24) is 15.5 Å². The zero-order valence-electron chi connectivity index (χ0n) is 8.59. The van der Waals surface area contributed by atoms with Gasteiger partial charge in [0.15, 0.2) is 5.78 Å². The van der Waals surface area contributed by atoms with Crippen LogP contribution in [0.1, 0.15) is 6.42 Å². The van der Waals surface area contributed by atoms with Gasteiger partial charge < -0.3 is 10.6 Å². The molecule has 0 amide bonds. The number of nitrogens with zero attached hydrogens (tertiary/aromatic N) is 1. The first kappa shape index (κ1) is 10.1. The summed E-state index contributed by atoms with van der Waals surface area (Å²) in [6, 6.07) is 0. The maximum absolute atomic E-state index is 11.8. The van der Waals surface area contributed by atoms with Crippen LogP contribution in [-0.4, -0.2) is 56.5 Å². The molecule has 4 heteroatoms. The molecule has 0 aromatic heterocycles. The van der Waals surface area contributed by atoms with Gasteiger partial charge in [0.25, 0.3) is 0 Å². The maximum atomic E-state index is 11.8. The van der Waals surface area contributed by atoms with Crippen molar-refractivity contribution >= 4 is 5.78 Å². The molecule has 2 fully saturated rings. The molecule has 0 aromatic carbocycles. The molecule has 2 rings (SSSR count). The minimum absolute atomic E-state index is 0.282. The van der Waals surface area contributed by atoms with Crippen LogP contribution in [0.15, 0.2) is 0 Å². The fourth-order valence-corrected chi connectivity index (χ4v) is 2.15. The number of ketones is 1. The predicted octanol–water partition coefficient (Wildman–Crippen LogP) is -0.930. The van der Waals surface area contributed by atoms with E-state index in [4.69, 9.17) is 0 Å². The summed E-state index contributed by atoms with van der Waals surface area (Å²) in [6.07, 6.45) is 1.03. The lowest BCUT2D eigenvalue weighted by atomic mass is 10.0.